The molecule has 19 heavy (non-hydrogen) atoms. The zero-order valence-electron chi connectivity index (χ0n) is 11.5. The smallest absolute Gasteiger partial charge is 0.252 e. The third-order valence-corrected chi connectivity index (χ3v) is 5.46. The highest BCUT2D eigenvalue weighted by molar-refractivity contribution is 7.91. The number of carbonyl (C=O) groups excluding carboxylic acids is 1. The van der Waals surface area contributed by atoms with Gasteiger partial charge in [0.15, 0.2) is 9.84 Å². The van der Waals surface area contributed by atoms with E-state index >= 15 is 0 Å². The Morgan fingerprint density at radius 3 is 2.58 bits per heavy atom. The van der Waals surface area contributed by atoms with Crippen LogP contribution in [-0.2, 0) is 9.84 Å². The van der Waals surface area contributed by atoms with Crippen molar-refractivity contribution in [3.63, 3.8) is 0 Å². The van der Waals surface area contributed by atoms with Crippen molar-refractivity contribution >= 4 is 15.7 Å². The van der Waals surface area contributed by atoms with Gasteiger partial charge in [0.2, 0.25) is 0 Å². The van der Waals surface area contributed by atoms with Crippen LogP contribution in [0.4, 0.5) is 0 Å². The minimum Gasteiger partial charge on any atom is -0.346 e. The van der Waals surface area contributed by atoms with E-state index in [0.717, 1.165) is 11.1 Å². The largest absolute Gasteiger partial charge is 0.346 e. The first-order chi connectivity index (χ1) is 8.71. The molecule has 2 rings (SSSR count). The average Bonchev–Trinajstić information content (AvgIpc) is 2.56. The van der Waals surface area contributed by atoms with Gasteiger partial charge in [0.25, 0.3) is 5.91 Å². The van der Waals surface area contributed by atoms with Crippen LogP contribution in [0.3, 0.4) is 0 Å². The second kappa shape index (κ2) is 4.63. The molecule has 1 aliphatic rings. The first-order valence-corrected chi connectivity index (χ1v) is 8.13. The number of hydrogen-bond donors (Lipinski definition) is 1. The fraction of sp³-hybridized carbons (Fsp3) is 0.500. The van der Waals surface area contributed by atoms with Gasteiger partial charge in [-0.25, -0.2) is 8.42 Å². The molecule has 1 amide bonds. The van der Waals surface area contributed by atoms with Crippen molar-refractivity contribution in [2.24, 2.45) is 0 Å². The van der Waals surface area contributed by atoms with Crippen LogP contribution in [0.5, 0.6) is 0 Å². The van der Waals surface area contributed by atoms with Crippen LogP contribution in [0.25, 0.3) is 0 Å². The van der Waals surface area contributed by atoms with Crippen molar-refractivity contribution in [3.8, 4) is 0 Å². The quantitative estimate of drug-likeness (QED) is 0.896. The van der Waals surface area contributed by atoms with E-state index < -0.39 is 15.4 Å². The Morgan fingerprint density at radius 2 is 2.00 bits per heavy atom. The monoisotopic (exact) mass is 281 g/mol. The molecule has 1 aromatic carbocycles. The predicted molar refractivity (Wildman–Crippen MR) is 75.1 cm³/mol. The lowest BCUT2D eigenvalue weighted by Gasteiger charge is -2.24. The molecule has 1 heterocycles. The van der Waals surface area contributed by atoms with Crippen molar-refractivity contribution in [2.45, 2.75) is 32.7 Å². The van der Waals surface area contributed by atoms with E-state index in [9.17, 15) is 13.2 Å². The number of aryl methyl sites for hydroxylation is 2. The Hall–Kier alpha value is -1.36. The summed E-state index contributed by atoms with van der Waals surface area (Å²) in [5.74, 6) is -0.0199. The Kier molecular flexibility index (Phi) is 3.43. The van der Waals surface area contributed by atoms with Gasteiger partial charge in [-0.1, -0.05) is 17.7 Å². The number of carbonyl (C=O) groups is 1. The highest BCUT2D eigenvalue weighted by atomic mass is 32.2. The first-order valence-electron chi connectivity index (χ1n) is 6.31. The van der Waals surface area contributed by atoms with Crippen LogP contribution in [0.1, 0.15) is 34.8 Å². The highest BCUT2D eigenvalue weighted by Crippen LogP contribution is 2.23. The molecule has 5 heteroatoms. The van der Waals surface area contributed by atoms with Crippen molar-refractivity contribution in [1.82, 2.24) is 5.32 Å². The van der Waals surface area contributed by atoms with Crippen molar-refractivity contribution in [2.75, 3.05) is 11.5 Å². The van der Waals surface area contributed by atoms with Gasteiger partial charge in [-0.2, -0.15) is 0 Å². The van der Waals surface area contributed by atoms with E-state index in [1.54, 1.807) is 6.92 Å². The molecule has 1 N–H and O–H groups in total. The van der Waals surface area contributed by atoms with Gasteiger partial charge in [0.1, 0.15) is 0 Å². The molecule has 1 unspecified atom stereocenters. The third-order valence-electron chi connectivity index (χ3n) is 3.56. The molecule has 0 aliphatic carbocycles. The summed E-state index contributed by atoms with van der Waals surface area (Å²) in [5, 5.41) is 2.88. The molecule has 1 aliphatic heterocycles. The highest BCUT2D eigenvalue weighted by Gasteiger charge is 2.39. The molecule has 1 atom stereocenters. The summed E-state index contributed by atoms with van der Waals surface area (Å²) in [6, 6.07) is 5.68. The van der Waals surface area contributed by atoms with Crippen LogP contribution >= 0.6 is 0 Å². The van der Waals surface area contributed by atoms with Gasteiger partial charge >= 0.3 is 0 Å². The number of hydrogen-bond acceptors (Lipinski definition) is 3. The summed E-state index contributed by atoms with van der Waals surface area (Å²) in [6.45, 7) is 5.60. The van der Waals surface area contributed by atoms with E-state index in [4.69, 9.17) is 0 Å². The van der Waals surface area contributed by atoms with E-state index in [-0.39, 0.29) is 17.4 Å². The average molecular weight is 281 g/mol. The normalized spacial score (nSPS) is 25.2. The van der Waals surface area contributed by atoms with Crippen molar-refractivity contribution in [1.29, 1.82) is 0 Å². The predicted octanol–water partition coefficient (Wildman–Crippen LogP) is 1.61. The summed E-state index contributed by atoms with van der Waals surface area (Å²) in [5.41, 5.74) is 1.88. The lowest BCUT2D eigenvalue weighted by Crippen LogP contribution is -2.47. The SMILES string of the molecule is Cc1ccc(C)c(C(=O)NC2(C)CCS(=O)(=O)C2)c1. The lowest BCUT2D eigenvalue weighted by molar-refractivity contribution is 0.0914. The van der Waals surface area contributed by atoms with E-state index in [1.807, 2.05) is 32.0 Å². The summed E-state index contributed by atoms with van der Waals surface area (Å²) < 4.78 is 23.1. The maximum atomic E-state index is 12.3. The van der Waals surface area contributed by atoms with Crippen LogP contribution in [0.2, 0.25) is 0 Å². The molecule has 1 saturated heterocycles. The summed E-state index contributed by atoms with van der Waals surface area (Å²) in [6.07, 6.45) is 0.478. The summed E-state index contributed by atoms with van der Waals surface area (Å²) in [7, 11) is -3.01. The molecular weight excluding hydrogens is 262 g/mol. The number of nitrogens with one attached hydrogen (secondary N) is 1. The Bertz CT molecular complexity index is 622. The molecule has 0 bridgehead atoms. The molecule has 1 aromatic rings. The van der Waals surface area contributed by atoms with Crippen molar-refractivity contribution in [3.05, 3.63) is 34.9 Å². The van der Waals surface area contributed by atoms with Gasteiger partial charge in [0, 0.05) is 5.56 Å². The van der Waals surface area contributed by atoms with Crippen LogP contribution in [0.15, 0.2) is 18.2 Å². The topological polar surface area (TPSA) is 63.2 Å². The maximum absolute atomic E-state index is 12.3. The standard InChI is InChI=1S/C14H19NO3S/c1-10-4-5-11(2)12(8-10)13(16)15-14(3)6-7-19(17,18)9-14/h4-5,8H,6-7,9H2,1-3H3,(H,15,16). The van der Waals surface area contributed by atoms with Gasteiger partial charge in [-0.05, 0) is 38.8 Å². The van der Waals surface area contributed by atoms with Gasteiger partial charge in [-0.15, -0.1) is 0 Å². The van der Waals surface area contributed by atoms with Gasteiger partial charge in [0.05, 0.1) is 17.0 Å². The number of rotatable bonds is 2. The fourth-order valence-electron chi connectivity index (χ4n) is 2.43. The molecular formula is C14H19NO3S. The molecule has 0 saturated carbocycles. The molecule has 1 fully saturated rings. The van der Waals surface area contributed by atoms with Crippen LogP contribution < -0.4 is 5.32 Å². The molecule has 0 aromatic heterocycles. The molecule has 104 valence electrons. The number of amides is 1. The second-order valence-electron chi connectivity index (χ2n) is 5.68. The second-order valence-corrected chi connectivity index (χ2v) is 7.86. The fourth-order valence-corrected chi connectivity index (χ4v) is 4.52. The third kappa shape index (κ3) is 3.15. The van der Waals surface area contributed by atoms with Crippen LogP contribution in [-0.4, -0.2) is 31.4 Å². The maximum Gasteiger partial charge on any atom is 0.252 e. The molecule has 0 radical (unpaired) electrons. The molecule has 0 spiro atoms. The first kappa shape index (κ1) is 14.1. The lowest BCUT2D eigenvalue weighted by atomic mass is 9.99. The zero-order valence-corrected chi connectivity index (χ0v) is 12.3. The Morgan fingerprint density at radius 1 is 1.32 bits per heavy atom. The van der Waals surface area contributed by atoms with Gasteiger partial charge < -0.3 is 5.32 Å². The minimum absolute atomic E-state index is 0.0244. The Balaban J connectivity index is 2.20. The Labute approximate surface area is 114 Å². The van der Waals surface area contributed by atoms with Gasteiger partial charge in [-0.3, -0.25) is 4.79 Å². The molecule has 4 nitrogen and oxygen atoms in total. The zero-order chi connectivity index (χ0) is 14.3. The van der Waals surface area contributed by atoms with Crippen molar-refractivity contribution < 1.29 is 13.2 Å². The minimum atomic E-state index is -3.01. The number of benzene rings is 1. The summed E-state index contributed by atoms with van der Waals surface area (Å²) in [4.78, 5) is 12.3. The number of sulfone groups is 1. The van der Waals surface area contributed by atoms with E-state index in [2.05, 4.69) is 5.32 Å². The summed E-state index contributed by atoms with van der Waals surface area (Å²) >= 11 is 0. The van der Waals surface area contributed by atoms with E-state index in [1.165, 1.54) is 0 Å². The van der Waals surface area contributed by atoms with E-state index in [0.29, 0.717) is 12.0 Å². The van der Waals surface area contributed by atoms with Crippen LogP contribution in [0, 0.1) is 13.8 Å².